The molecular weight excluding hydrogens is 252 g/mol. The third-order valence-corrected chi connectivity index (χ3v) is 2.42. The number of aryl methyl sites for hydroxylation is 2. The summed E-state index contributed by atoms with van der Waals surface area (Å²) in [4.78, 5) is 35.3. The molecule has 2 rings (SSSR count). The minimum atomic E-state index is -0.746. The van der Waals surface area contributed by atoms with Gasteiger partial charge in [0, 0.05) is 11.1 Å². The van der Waals surface area contributed by atoms with Crippen molar-refractivity contribution >= 4 is 11.6 Å². The summed E-state index contributed by atoms with van der Waals surface area (Å²) >= 11 is 0. The van der Waals surface area contributed by atoms with Gasteiger partial charge in [-0.2, -0.15) is 9.97 Å². The van der Waals surface area contributed by atoms with Crippen molar-refractivity contribution in [2.75, 3.05) is 11.5 Å². The van der Waals surface area contributed by atoms with Crippen LogP contribution in [0.3, 0.4) is 0 Å². The van der Waals surface area contributed by atoms with E-state index in [2.05, 4.69) is 9.97 Å². The largest absolute Gasteiger partial charge is 0.384 e. The normalized spacial score (nSPS) is 10.4. The highest BCUT2D eigenvalue weighted by molar-refractivity contribution is 5.35. The van der Waals surface area contributed by atoms with Gasteiger partial charge in [0.2, 0.25) is 0 Å². The molecular formula is C10H12N6O3. The van der Waals surface area contributed by atoms with Crippen molar-refractivity contribution < 1.29 is 4.94 Å². The summed E-state index contributed by atoms with van der Waals surface area (Å²) in [7, 11) is 0. The second-order valence-corrected chi connectivity index (χ2v) is 3.92. The van der Waals surface area contributed by atoms with Gasteiger partial charge in [0.05, 0.1) is 12.4 Å². The summed E-state index contributed by atoms with van der Waals surface area (Å²) in [5, 5.41) is 0. The zero-order valence-electron chi connectivity index (χ0n) is 10.3. The molecule has 9 nitrogen and oxygen atoms in total. The van der Waals surface area contributed by atoms with Gasteiger partial charge >= 0.3 is 11.4 Å². The summed E-state index contributed by atoms with van der Waals surface area (Å²) in [6, 6.07) is 0. The molecule has 2 aromatic heterocycles. The maximum atomic E-state index is 11.5. The molecule has 0 radical (unpaired) electrons. The van der Waals surface area contributed by atoms with Crippen molar-refractivity contribution in [1.29, 1.82) is 0 Å². The highest BCUT2D eigenvalue weighted by atomic mass is 16.8. The van der Waals surface area contributed by atoms with Crippen LogP contribution in [0, 0.1) is 13.8 Å². The molecule has 0 saturated carbocycles. The number of nitrogens with zero attached hydrogens (tertiary/aromatic N) is 4. The Bertz CT molecular complexity index is 684. The number of nitrogens with two attached hydrogens (primary N) is 2. The van der Waals surface area contributed by atoms with Gasteiger partial charge in [-0.25, -0.2) is 9.59 Å². The van der Waals surface area contributed by atoms with Crippen LogP contribution < -0.4 is 27.8 Å². The SMILES string of the molecule is Cc1cn(On2cc(C)c(N)nc2=O)c(=O)nc1N. The molecule has 100 valence electrons. The van der Waals surface area contributed by atoms with Crippen molar-refractivity contribution in [1.82, 2.24) is 19.4 Å². The Morgan fingerprint density at radius 2 is 1.32 bits per heavy atom. The van der Waals surface area contributed by atoms with E-state index in [0.29, 0.717) is 11.1 Å². The monoisotopic (exact) mass is 264 g/mol. The van der Waals surface area contributed by atoms with Gasteiger partial charge < -0.3 is 11.5 Å². The molecule has 0 aliphatic heterocycles. The summed E-state index contributed by atoms with van der Waals surface area (Å²) in [6.45, 7) is 3.30. The molecule has 2 heterocycles. The second kappa shape index (κ2) is 4.44. The van der Waals surface area contributed by atoms with Crippen molar-refractivity contribution in [3.05, 3.63) is 44.5 Å². The molecule has 0 aliphatic rings. The first-order chi connectivity index (χ1) is 8.88. The Hall–Kier alpha value is -2.84. The zero-order valence-corrected chi connectivity index (χ0v) is 10.3. The summed E-state index contributed by atoms with van der Waals surface area (Å²) in [5.41, 5.74) is 10.5. The number of hydrogen-bond acceptors (Lipinski definition) is 7. The van der Waals surface area contributed by atoms with E-state index in [9.17, 15) is 9.59 Å². The number of anilines is 2. The maximum Gasteiger partial charge on any atom is 0.384 e. The maximum absolute atomic E-state index is 11.5. The number of aromatic nitrogens is 4. The fourth-order valence-electron chi connectivity index (χ4n) is 1.29. The molecule has 0 bridgehead atoms. The molecule has 9 heteroatoms. The minimum Gasteiger partial charge on any atom is -0.383 e. The molecule has 0 aliphatic carbocycles. The second-order valence-electron chi connectivity index (χ2n) is 3.92. The van der Waals surface area contributed by atoms with E-state index in [1.807, 2.05) is 0 Å². The van der Waals surface area contributed by atoms with Crippen LogP contribution in [0.5, 0.6) is 0 Å². The van der Waals surface area contributed by atoms with Crippen LogP contribution in [0.25, 0.3) is 0 Å². The minimum absolute atomic E-state index is 0.101. The average molecular weight is 264 g/mol. The molecule has 0 saturated heterocycles. The predicted molar refractivity (Wildman–Crippen MR) is 67.3 cm³/mol. The van der Waals surface area contributed by atoms with Crippen LogP contribution in [-0.2, 0) is 0 Å². The summed E-state index contributed by atoms with van der Waals surface area (Å²) in [6.07, 6.45) is 2.64. The zero-order chi connectivity index (χ0) is 14.2. The van der Waals surface area contributed by atoms with Crippen LogP contribution >= 0.6 is 0 Å². The van der Waals surface area contributed by atoms with Gasteiger partial charge in [-0.05, 0) is 13.8 Å². The smallest absolute Gasteiger partial charge is 0.383 e. The Balaban J connectivity index is 2.48. The molecule has 0 aromatic carbocycles. The van der Waals surface area contributed by atoms with Gasteiger partial charge in [-0.1, -0.05) is 0 Å². The number of hydrogen-bond donors (Lipinski definition) is 2. The first-order valence-electron chi connectivity index (χ1n) is 5.29. The van der Waals surface area contributed by atoms with Gasteiger partial charge in [-0.3, -0.25) is 4.94 Å². The topological polar surface area (TPSA) is 131 Å². The molecule has 0 spiro atoms. The third kappa shape index (κ3) is 2.39. The van der Waals surface area contributed by atoms with Crippen LogP contribution in [0.1, 0.15) is 11.1 Å². The van der Waals surface area contributed by atoms with Crippen molar-refractivity contribution in [2.45, 2.75) is 13.8 Å². The quantitative estimate of drug-likeness (QED) is 0.672. The fourth-order valence-corrected chi connectivity index (χ4v) is 1.29. The molecule has 0 unspecified atom stereocenters. The van der Waals surface area contributed by atoms with Crippen LogP contribution in [0.15, 0.2) is 22.0 Å². The van der Waals surface area contributed by atoms with E-state index in [1.54, 1.807) is 13.8 Å². The van der Waals surface area contributed by atoms with Crippen molar-refractivity contribution in [3.63, 3.8) is 0 Å². The van der Waals surface area contributed by atoms with E-state index >= 15 is 0 Å². The Kier molecular flexibility index (Phi) is 2.95. The Morgan fingerprint density at radius 1 is 0.947 bits per heavy atom. The van der Waals surface area contributed by atoms with Gasteiger partial charge in [0.25, 0.3) is 0 Å². The van der Waals surface area contributed by atoms with Gasteiger partial charge in [0.1, 0.15) is 11.6 Å². The predicted octanol–water partition coefficient (Wildman–Crippen LogP) is -1.53. The van der Waals surface area contributed by atoms with Crippen LogP contribution in [0.4, 0.5) is 11.6 Å². The molecule has 0 amide bonds. The van der Waals surface area contributed by atoms with Gasteiger partial charge in [0.15, 0.2) is 0 Å². The summed E-state index contributed by atoms with van der Waals surface area (Å²) < 4.78 is 1.56. The molecule has 0 atom stereocenters. The molecule has 19 heavy (non-hydrogen) atoms. The molecule has 2 aromatic rings. The lowest BCUT2D eigenvalue weighted by Gasteiger charge is -2.10. The highest BCUT2D eigenvalue weighted by Gasteiger charge is 2.07. The summed E-state index contributed by atoms with van der Waals surface area (Å²) in [5.74, 6) is 0.201. The average Bonchev–Trinajstić information content (AvgIpc) is 2.32. The highest BCUT2D eigenvalue weighted by Crippen LogP contribution is 2.02. The van der Waals surface area contributed by atoms with E-state index in [1.165, 1.54) is 12.4 Å². The lowest BCUT2D eigenvalue weighted by Crippen LogP contribution is -2.38. The van der Waals surface area contributed by atoms with Crippen molar-refractivity contribution in [3.8, 4) is 0 Å². The molecule has 0 fully saturated rings. The van der Waals surface area contributed by atoms with E-state index in [0.717, 1.165) is 9.46 Å². The Labute approximate surface area is 107 Å². The van der Waals surface area contributed by atoms with Crippen LogP contribution in [0.2, 0.25) is 0 Å². The fraction of sp³-hybridized carbons (Fsp3) is 0.200. The van der Waals surface area contributed by atoms with Gasteiger partial charge in [-0.15, -0.1) is 9.46 Å². The van der Waals surface area contributed by atoms with Crippen LogP contribution in [-0.4, -0.2) is 19.4 Å². The standard InChI is InChI=1S/C10H12N6O3/c1-5-3-15(9(17)13-7(5)11)19-16-4-6(2)8(12)14-10(16)18/h3-4H,1-2H3,(H2,11,13,17)(H2,12,14,18). The number of rotatable bonds is 2. The lowest BCUT2D eigenvalue weighted by atomic mass is 10.4. The van der Waals surface area contributed by atoms with E-state index < -0.39 is 11.4 Å². The first-order valence-corrected chi connectivity index (χ1v) is 5.29. The van der Waals surface area contributed by atoms with E-state index in [4.69, 9.17) is 16.4 Å². The lowest BCUT2D eigenvalue weighted by molar-refractivity contribution is 0.0162. The number of nitrogen functional groups attached to an aromatic ring is 2. The molecule has 4 N–H and O–H groups in total. The van der Waals surface area contributed by atoms with Crippen molar-refractivity contribution in [2.24, 2.45) is 0 Å². The Morgan fingerprint density at radius 3 is 1.68 bits per heavy atom. The first kappa shape index (κ1) is 12.6. The third-order valence-electron chi connectivity index (χ3n) is 2.42. The van der Waals surface area contributed by atoms with E-state index in [-0.39, 0.29) is 11.6 Å².